The lowest BCUT2D eigenvalue weighted by atomic mass is 10.1. The maximum absolute atomic E-state index is 10.1. The molecule has 0 aliphatic rings. The Morgan fingerprint density at radius 3 is 2.06 bits per heavy atom. The summed E-state index contributed by atoms with van der Waals surface area (Å²) in [4.78, 5) is 0. The summed E-state index contributed by atoms with van der Waals surface area (Å²) >= 11 is 0. The third-order valence-corrected chi connectivity index (χ3v) is 5.93. The lowest BCUT2D eigenvalue weighted by molar-refractivity contribution is -0.695. The highest BCUT2D eigenvalue weighted by Gasteiger charge is 2.19. The SMILES string of the molecule is CCCCCCCCCCCc1n(C(C)O)cc[n+]1Cc1ccccc1.CCOS(=O)(=O)[O-]. The Kier molecular flexibility index (Phi) is 14.9. The number of imidazole rings is 1. The van der Waals surface area contributed by atoms with E-state index >= 15 is 0 Å². The molecule has 0 amide bonds. The normalized spacial score (nSPS) is 12.3. The second-order valence-electron chi connectivity index (χ2n) is 8.26. The van der Waals surface area contributed by atoms with E-state index in [1.54, 1.807) is 0 Å². The number of aliphatic hydroxyl groups is 1. The number of aliphatic hydroxyl groups excluding tert-OH is 1. The molecule has 0 aliphatic heterocycles. The second kappa shape index (κ2) is 16.8. The van der Waals surface area contributed by atoms with Gasteiger partial charge in [0.2, 0.25) is 10.4 Å². The summed E-state index contributed by atoms with van der Waals surface area (Å²) in [6.45, 7) is 6.31. The van der Waals surface area contributed by atoms with E-state index in [9.17, 15) is 18.1 Å². The van der Waals surface area contributed by atoms with Crippen molar-refractivity contribution in [2.75, 3.05) is 6.61 Å². The zero-order chi connectivity index (χ0) is 24.5. The molecule has 0 bridgehead atoms. The first-order valence-electron chi connectivity index (χ1n) is 12.2. The maximum Gasteiger partial charge on any atom is 0.258 e. The van der Waals surface area contributed by atoms with Crippen LogP contribution in [0, 0.1) is 0 Å². The molecule has 1 unspecified atom stereocenters. The van der Waals surface area contributed by atoms with Crippen LogP contribution < -0.4 is 4.57 Å². The van der Waals surface area contributed by atoms with Crippen LogP contribution in [0.1, 0.15) is 96.2 Å². The second-order valence-corrected chi connectivity index (χ2v) is 9.31. The third-order valence-electron chi connectivity index (χ3n) is 5.40. The molecule has 7 nitrogen and oxygen atoms in total. The van der Waals surface area contributed by atoms with E-state index in [0.717, 1.165) is 13.0 Å². The molecule has 1 atom stereocenters. The summed E-state index contributed by atoms with van der Waals surface area (Å²) in [5.74, 6) is 1.23. The maximum atomic E-state index is 10.1. The molecule has 8 heteroatoms. The van der Waals surface area contributed by atoms with Crippen molar-refractivity contribution in [2.45, 2.75) is 97.8 Å². The van der Waals surface area contributed by atoms with E-state index in [1.165, 1.54) is 76.1 Å². The Bertz CT molecular complexity index is 851. The number of aromatic nitrogens is 2. The average Bonchev–Trinajstić information content (AvgIpc) is 3.15. The van der Waals surface area contributed by atoms with E-state index in [-0.39, 0.29) is 6.61 Å². The van der Waals surface area contributed by atoms with Gasteiger partial charge in [0.05, 0.1) is 6.61 Å². The van der Waals surface area contributed by atoms with Crippen molar-refractivity contribution >= 4 is 10.4 Å². The summed E-state index contributed by atoms with van der Waals surface area (Å²) in [6.07, 6.45) is 16.7. The highest BCUT2D eigenvalue weighted by molar-refractivity contribution is 7.80. The van der Waals surface area contributed by atoms with Crippen molar-refractivity contribution in [3.63, 3.8) is 0 Å². The number of hydrogen-bond donors (Lipinski definition) is 1. The fraction of sp³-hybridized carbons (Fsp3) is 0.640. The molecule has 1 aromatic carbocycles. The summed E-state index contributed by atoms with van der Waals surface area (Å²) < 4.78 is 36.3. The highest BCUT2D eigenvalue weighted by atomic mass is 32.3. The van der Waals surface area contributed by atoms with Gasteiger partial charge in [-0.15, -0.1) is 0 Å². The Balaban J connectivity index is 0.000000675. The molecule has 0 saturated carbocycles. The van der Waals surface area contributed by atoms with E-state index in [1.807, 2.05) is 17.7 Å². The van der Waals surface area contributed by atoms with E-state index < -0.39 is 16.6 Å². The van der Waals surface area contributed by atoms with Crippen molar-refractivity contribution in [3.8, 4) is 0 Å². The molecule has 0 saturated heterocycles. The summed E-state index contributed by atoms with van der Waals surface area (Å²) in [5.41, 5.74) is 1.30. The van der Waals surface area contributed by atoms with Crippen LogP contribution in [0.2, 0.25) is 0 Å². The van der Waals surface area contributed by atoms with Gasteiger partial charge in [0.1, 0.15) is 18.9 Å². The average molecular weight is 483 g/mol. The van der Waals surface area contributed by atoms with Gasteiger partial charge in [0.25, 0.3) is 5.82 Å². The molecule has 0 radical (unpaired) electrons. The molecule has 33 heavy (non-hydrogen) atoms. The first-order chi connectivity index (χ1) is 15.8. The molecular weight excluding hydrogens is 440 g/mol. The van der Waals surface area contributed by atoms with Gasteiger partial charge in [-0.3, -0.25) is 4.18 Å². The van der Waals surface area contributed by atoms with Crippen LogP contribution in [-0.4, -0.2) is 29.3 Å². The Labute approximate surface area is 200 Å². The molecule has 2 aromatic rings. The first-order valence-corrected chi connectivity index (χ1v) is 13.5. The number of nitrogens with zero attached hydrogens (tertiary/aromatic N) is 2. The fourth-order valence-corrected chi connectivity index (χ4v) is 4.04. The van der Waals surface area contributed by atoms with Gasteiger partial charge < -0.3 is 9.66 Å². The van der Waals surface area contributed by atoms with E-state index in [2.05, 4.69) is 52.2 Å². The van der Waals surface area contributed by atoms with Gasteiger partial charge in [-0.1, -0.05) is 88.6 Å². The van der Waals surface area contributed by atoms with Gasteiger partial charge >= 0.3 is 0 Å². The van der Waals surface area contributed by atoms with Crippen LogP contribution in [0.15, 0.2) is 42.7 Å². The standard InChI is InChI=1S/C23H37N2O.C2H6O4S/c1-3-4-5-6-7-8-9-10-14-17-23-24(18-19-25(23)21(2)26)20-22-15-12-11-13-16-22;1-2-6-7(3,4)5/h11-13,15-16,18-19,21,26H,3-10,14,17,20H2,1-2H3;2H2,1H3,(H,3,4,5)/q+1;/p-1. The molecule has 0 aliphatic carbocycles. The molecule has 1 N–H and O–H groups in total. The summed E-state index contributed by atoms with van der Waals surface area (Å²) in [6, 6.07) is 10.5. The van der Waals surface area contributed by atoms with Gasteiger partial charge in [0, 0.05) is 13.3 Å². The quantitative estimate of drug-likeness (QED) is 0.169. The fourth-order valence-electron chi connectivity index (χ4n) is 3.75. The third kappa shape index (κ3) is 13.5. The Morgan fingerprint density at radius 2 is 1.58 bits per heavy atom. The molecule has 1 heterocycles. The number of unbranched alkanes of at least 4 members (excludes halogenated alkanes) is 8. The molecule has 0 fully saturated rings. The predicted octanol–water partition coefficient (Wildman–Crippen LogP) is 4.89. The minimum absolute atomic E-state index is 0.0914. The Morgan fingerprint density at radius 1 is 1.00 bits per heavy atom. The largest absolute Gasteiger partial charge is 0.726 e. The van der Waals surface area contributed by atoms with Gasteiger partial charge in [0.15, 0.2) is 6.23 Å². The van der Waals surface area contributed by atoms with Crippen LogP contribution in [0.25, 0.3) is 0 Å². The topological polar surface area (TPSA) is 95.5 Å². The van der Waals surface area contributed by atoms with Crippen molar-refractivity contribution in [1.29, 1.82) is 0 Å². The van der Waals surface area contributed by atoms with Gasteiger partial charge in [-0.2, -0.15) is 0 Å². The van der Waals surface area contributed by atoms with Crippen LogP contribution in [0.4, 0.5) is 0 Å². The minimum atomic E-state index is -4.42. The predicted molar refractivity (Wildman–Crippen MR) is 129 cm³/mol. The zero-order valence-corrected chi connectivity index (χ0v) is 21.3. The number of rotatable bonds is 15. The smallest absolute Gasteiger partial charge is 0.258 e. The molecule has 0 spiro atoms. The number of benzene rings is 1. The van der Waals surface area contributed by atoms with Crippen LogP contribution in [-0.2, 0) is 27.5 Å². The van der Waals surface area contributed by atoms with Gasteiger partial charge in [-0.25, -0.2) is 17.6 Å². The van der Waals surface area contributed by atoms with E-state index in [4.69, 9.17) is 0 Å². The molecular formula is C25H42N2O5S. The summed E-state index contributed by atoms with van der Waals surface area (Å²) in [7, 11) is -4.42. The number of hydrogen-bond acceptors (Lipinski definition) is 5. The minimum Gasteiger partial charge on any atom is -0.726 e. The molecule has 188 valence electrons. The Hall–Kier alpha value is -1.74. The van der Waals surface area contributed by atoms with E-state index in [0.29, 0.717) is 0 Å². The lowest BCUT2D eigenvalue weighted by Crippen LogP contribution is -2.38. The van der Waals surface area contributed by atoms with Crippen molar-refractivity contribution < 1.29 is 26.8 Å². The van der Waals surface area contributed by atoms with Crippen LogP contribution in [0.3, 0.4) is 0 Å². The van der Waals surface area contributed by atoms with Crippen molar-refractivity contribution in [1.82, 2.24) is 4.57 Å². The summed E-state index contributed by atoms with van der Waals surface area (Å²) in [5, 5.41) is 10.1. The zero-order valence-electron chi connectivity index (χ0n) is 20.5. The highest BCUT2D eigenvalue weighted by Crippen LogP contribution is 2.13. The van der Waals surface area contributed by atoms with Crippen molar-refractivity contribution in [2.24, 2.45) is 0 Å². The van der Waals surface area contributed by atoms with Gasteiger partial charge in [-0.05, 0) is 18.9 Å². The van der Waals surface area contributed by atoms with Crippen LogP contribution >= 0.6 is 0 Å². The lowest BCUT2D eigenvalue weighted by Gasteiger charge is -2.08. The van der Waals surface area contributed by atoms with Crippen LogP contribution in [0.5, 0.6) is 0 Å². The molecule has 2 rings (SSSR count). The first kappa shape index (κ1) is 29.3. The van der Waals surface area contributed by atoms with Crippen molar-refractivity contribution in [3.05, 3.63) is 54.1 Å². The molecule has 1 aromatic heterocycles. The monoisotopic (exact) mass is 482 g/mol.